The van der Waals surface area contributed by atoms with Crippen molar-refractivity contribution in [2.75, 3.05) is 17.7 Å². The Morgan fingerprint density at radius 3 is 2.53 bits per heavy atom. The van der Waals surface area contributed by atoms with E-state index in [1.807, 2.05) is 29.6 Å². The quantitative estimate of drug-likeness (QED) is 0.270. The predicted octanol–water partition coefficient (Wildman–Crippen LogP) is 5.74. The molecule has 7 nitrogen and oxygen atoms in total. The lowest BCUT2D eigenvalue weighted by Gasteiger charge is -2.13. The Labute approximate surface area is 192 Å². The molecule has 2 aromatic carbocycles. The fourth-order valence-corrected chi connectivity index (χ4v) is 4.40. The molecule has 0 bridgehead atoms. The standard InChI is InChI=1S/C23H26N3O4PS/c1-15(30-31(28)29-14-23(2,3)25)16-6-8-17(9-7-16)22(27)26-20-13-18(10-11-19(20)24)21-5-4-12-32-21/h4-13,15H,14,24-25H2,1-3H3/p+1. The van der Waals surface area contributed by atoms with E-state index in [-0.39, 0.29) is 12.5 Å². The van der Waals surface area contributed by atoms with E-state index in [1.54, 1.807) is 62.4 Å². The van der Waals surface area contributed by atoms with Crippen LogP contribution in [0.4, 0.5) is 11.4 Å². The molecule has 2 atom stereocenters. The number of hydrogen-bond acceptors (Lipinski definition) is 7. The maximum Gasteiger partial charge on any atom is 0.698 e. The van der Waals surface area contributed by atoms with E-state index >= 15 is 0 Å². The number of nitrogen functional groups attached to an aromatic ring is 1. The minimum atomic E-state index is -2.31. The third-order valence-corrected chi connectivity index (χ3v) is 6.28. The molecule has 9 heteroatoms. The summed E-state index contributed by atoms with van der Waals surface area (Å²) in [6.07, 6.45) is -0.477. The van der Waals surface area contributed by atoms with Crippen molar-refractivity contribution >= 4 is 36.9 Å². The van der Waals surface area contributed by atoms with Crippen LogP contribution in [0.5, 0.6) is 0 Å². The van der Waals surface area contributed by atoms with Crippen molar-refractivity contribution in [2.45, 2.75) is 32.4 Å². The Balaban J connectivity index is 1.63. The third-order valence-electron chi connectivity index (χ3n) is 4.54. The lowest BCUT2D eigenvalue weighted by Crippen LogP contribution is -2.36. The van der Waals surface area contributed by atoms with E-state index in [0.29, 0.717) is 16.9 Å². The number of hydrogen-bond donors (Lipinski definition) is 3. The highest BCUT2D eigenvalue weighted by molar-refractivity contribution is 7.33. The highest BCUT2D eigenvalue weighted by atomic mass is 32.1. The molecule has 1 aromatic heterocycles. The average Bonchev–Trinajstić information content (AvgIpc) is 3.28. The lowest BCUT2D eigenvalue weighted by atomic mass is 10.1. The molecular formula is C23H27N3O4PS+. The number of amides is 1. The molecule has 5 N–H and O–H groups in total. The number of carbonyl (C=O) groups excluding carboxylic acids is 1. The number of benzene rings is 2. The molecule has 0 aliphatic rings. The van der Waals surface area contributed by atoms with Gasteiger partial charge in [0.05, 0.1) is 11.4 Å². The van der Waals surface area contributed by atoms with Crippen LogP contribution in [0.1, 0.15) is 42.8 Å². The van der Waals surface area contributed by atoms with Gasteiger partial charge in [0.25, 0.3) is 5.91 Å². The highest BCUT2D eigenvalue weighted by Gasteiger charge is 2.28. The van der Waals surface area contributed by atoms with Crippen LogP contribution in [0, 0.1) is 0 Å². The second kappa shape index (κ2) is 10.3. The molecule has 0 fully saturated rings. The Kier molecular flexibility index (Phi) is 7.77. The van der Waals surface area contributed by atoms with Gasteiger partial charge in [-0.3, -0.25) is 4.79 Å². The third kappa shape index (κ3) is 6.69. The van der Waals surface area contributed by atoms with E-state index in [1.165, 1.54) is 0 Å². The van der Waals surface area contributed by atoms with Gasteiger partial charge in [-0.05, 0) is 67.6 Å². The summed E-state index contributed by atoms with van der Waals surface area (Å²) < 4.78 is 22.5. The van der Waals surface area contributed by atoms with Crippen LogP contribution in [0.15, 0.2) is 60.0 Å². The molecule has 0 spiro atoms. The predicted molar refractivity (Wildman–Crippen MR) is 130 cm³/mol. The van der Waals surface area contributed by atoms with Gasteiger partial charge in [0.1, 0.15) is 12.7 Å². The molecular weight excluding hydrogens is 445 g/mol. The van der Waals surface area contributed by atoms with Crippen LogP contribution in [-0.2, 0) is 13.6 Å². The summed E-state index contributed by atoms with van der Waals surface area (Å²) in [5.41, 5.74) is 14.5. The Hall–Kier alpha value is -2.61. The average molecular weight is 473 g/mol. The van der Waals surface area contributed by atoms with Crippen LogP contribution >= 0.6 is 19.6 Å². The summed E-state index contributed by atoms with van der Waals surface area (Å²) >= 11 is 1.62. The van der Waals surface area contributed by atoms with Gasteiger partial charge in [-0.25, -0.2) is 0 Å². The zero-order chi connectivity index (χ0) is 23.3. The zero-order valence-corrected chi connectivity index (χ0v) is 19.9. The Bertz CT molecular complexity index is 1080. The summed E-state index contributed by atoms with van der Waals surface area (Å²) in [7, 11) is -2.31. The van der Waals surface area contributed by atoms with E-state index in [0.717, 1.165) is 16.0 Å². The molecule has 0 radical (unpaired) electrons. The molecule has 1 heterocycles. The normalized spacial score (nSPS) is 12.9. The number of anilines is 2. The SMILES string of the molecule is CC(O[P+](=O)OCC(C)(C)N)c1ccc(C(=O)Nc2cc(-c3cccs3)ccc2N)cc1. The molecule has 1 amide bonds. The summed E-state index contributed by atoms with van der Waals surface area (Å²) in [5.74, 6) is -0.278. The Morgan fingerprint density at radius 1 is 1.19 bits per heavy atom. The van der Waals surface area contributed by atoms with Crippen LogP contribution < -0.4 is 16.8 Å². The Morgan fingerprint density at radius 2 is 1.91 bits per heavy atom. The van der Waals surface area contributed by atoms with Gasteiger partial charge in [0, 0.05) is 20.5 Å². The maximum atomic E-state index is 12.7. The van der Waals surface area contributed by atoms with Gasteiger partial charge >= 0.3 is 8.25 Å². The molecule has 2 unspecified atom stereocenters. The van der Waals surface area contributed by atoms with E-state index < -0.39 is 19.9 Å². The van der Waals surface area contributed by atoms with Crippen LogP contribution in [0.2, 0.25) is 0 Å². The smallest absolute Gasteiger partial charge is 0.397 e. The van der Waals surface area contributed by atoms with Crippen LogP contribution in [-0.4, -0.2) is 18.1 Å². The molecule has 32 heavy (non-hydrogen) atoms. The minimum absolute atomic E-state index is 0.116. The molecule has 0 aliphatic carbocycles. The summed E-state index contributed by atoms with van der Waals surface area (Å²) in [5, 5.41) is 4.87. The molecule has 168 valence electrons. The highest BCUT2D eigenvalue weighted by Crippen LogP contribution is 2.34. The van der Waals surface area contributed by atoms with Crippen LogP contribution in [0.25, 0.3) is 10.4 Å². The van der Waals surface area contributed by atoms with E-state index in [9.17, 15) is 9.36 Å². The lowest BCUT2D eigenvalue weighted by molar-refractivity contribution is 0.102. The summed E-state index contributed by atoms with van der Waals surface area (Å²) in [6.45, 7) is 5.42. The number of thiophene rings is 1. The molecule has 3 rings (SSSR count). The number of nitrogens with two attached hydrogens (primary N) is 2. The van der Waals surface area contributed by atoms with E-state index in [4.69, 9.17) is 20.5 Å². The van der Waals surface area contributed by atoms with Crippen molar-refractivity contribution in [1.82, 2.24) is 0 Å². The van der Waals surface area contributed by atoms with Crippen molar-refractivity contribution in [3.8, 4) is 10.4 Å². The van der Waals surface area contributed by atoms with Gasteiger partial charge in [0.15, 0.2) is 0 Å². The zero-order valence-electron chi connectivity index (χ0n) is 18.2. The van der Waals surface area contributed by atoms with Gasteiger partial charge in [0.2, 0.25) is 0 Å². The molecule has 0 aliphatic heterocycles. The first kappa shape index (κ1) is 24.0. The van der Waals surface area contributed by atoms with Gasteiger partial charge in [-0.1, -0.05) is 24.3 Å². The monoisotopic (exact) mass is 472 g/mol. The minimum Gasteiger partial charge on any atom is -0.397 e. The van der Waals surface area contributed by atoms with Crippen molar-refractivity contribution in [3.63, 3.8) is 0 Å². The van der Waals surface area contributed by atoms with E-state index in [2.05, 4.69) is 5.32 Å². The molecule has 0 saturated carbocycles. The second-order valence-electron chi connectivity index (χ2n) is 8.09. The number of rotatable bonds is 9. The second-order valence-corrected chi connectivity index (χ2v) is 9.95. The van der Waals surface area contributed by atoms with Crippen molar-refractivity contribution in [1.29, 1.82) is 0 Å². The van der Waals surface area contributed by atoms with Crippen molar-refractivity contribution in [3.05, 3.63) is 71.1 Å². The first-order valence-corrected chi connectivity index (χ1v) is 12.0. The fourth-order valence-electron chi connectivity index (χ4n) is 2.80. The number of nitrogens with one attached hydrogen (secondary N) is 1. The summed E-state index contributed by atoms with van der Waals surface area (Å²) in [6, 6.07) is 16.4. The fraction of sp³-hybridized carbons (Fsp3) is 0.261. The maximum absolute atomic E-state index is 12.7. The summed E-state index contributed by atoms with van der Waals surface area (Å²) in [4.78, 5) is 13.8. The van der Waals surface area contributed by atoms with Crippen molar-refractivity contribution < 1.29 is 18.4 Å². The van der Waals surface area contributed by atoms with Gasteiger partial charge < -0.3 is 16.8 Å². The first-order valence-electron chi connectivity index (χ1n) is 10.0. The largest absolute Gasteiger partial charge is 0.698 e. The van der Waals surface area contributed by atoms with Crippen LogP contribution in [0.3, 0.4) is 0 Å². The molecule has 0 saturated heterocycles. The molecule has 3 aromatic rings. The van der Waals surface area contributed by atoms with Crippen molar-refractivity contribution in [2.24, 2.45) is 5.73 Å². The van der Waals surface area contributed by atoms with Gasteiger partial charge in [-0.15, -0.1) is 20.4 Å². The number of carbonyl (C=O) groups is 1. The first-order chi connectivity index (χ1) is 15.1. The topological polar surface area (TPSA) is 117 Å². The van der Waals surface area contributed by atoms with Gasteiger partial charge in [-0.2, -0.15) is 0 Å².